The predicted octanol–water partition coefficient (Wildman–Crippen LogP) is 3.09. The number of hydrogen-bond acceptors (Lipinski definition) is 2. The fourth-order valence-corrected chi connectivity index (χ4v) is 1.99. The van der Waals surface area contributed by atoms with Gasteiger partial charge in [0.05, 0.1) is 5.01 Å². The van der Waals surface area contributed by atoms with Crippen LogP contribution >= 0.6 is 11.3 Å². The van der Waals surface area contributed by atoms with E-state index < -0.39 is 0 Å². The Morgan fingerprint density at radius 1 is 1.31 bits per heavy atom. The number of thiazole rings is 1. The standard InChI is InChI=1S/C10H10NS.Lr/c1-7-3-5-9-10(6-4-7)12-8(2)11-9;/h3-6H,1-2H3;/q-1;. The molecule has 0 aromatic carbocycles. The Balaban J connectivity index is 0.000000845. The van der Waals surface area contributed by atoms with Crippen molar-refractivity contribution in [3.8, 4) is 0 Å². The summed E-state index contributed by atoms with van der Waals surface area (Å²) in [5.74, 6) is 1.28. The summed E-state index contributed by atoms with van der Waals surface area (Å²) in [5, 5.41) is 1.13. The number of hydrogen-bond donors (Lipinski definition) is 0. The van der Waals surface area contributed by atoms with Crippen LogP contribution in [0.15, 0.2) is 12.2 Å². The quantitative estimate of drug-likeness (QED) is 0.568. The maximum atomic E-state index is 4.41. The fraction of sp³-hybridized carbons (Fsp3) is 0.200. The van der Waals surface area contributed by atoms with E-state index >= 15 is 0 Å². The van der Waals surface area contributed by atoms with E-state index in [4.69, 9.17) is 0 Å². The van der Waals surface area contributed by atoms with Crippen LogP contribution in [0.4, 0.5) is 0 Å². The normalized spacial score (nSPS) is 13.5. The van der Waals surface area contributed by atoms with Gasteiger partial charge in [-0.15, -0.1) is 23.5 Å². The monoisotopic (exact) mass is 438 g/mol. The Morgan fingerprint density at radius 2 is 2.00 bits per heavy atom. The van der Waals surface area contributed by atoms with Crippen molar-refractivity contribution >= 4 is 23.5 Å². The first-order valence-corrected chi connectivity index (χ1v) is 4.74. The topological polar surface area (TPSA) is 12.9 Å². The molecule has 1 aromatic heterocycles. The van der Waals surface area contributed by atoms with Crippen molar-refractivity contribution in [1.29, 1.82) is 0 Å². The first kappa shape index (κ1) is 9.07. The van der Waals surface area contributed by atoms with Gasteiger partial charge in [0.25, 0.3) is 0 Å². The molecule has 0 amide bonds. The van der Waals surface area contributed by atoms with Gasteiger partial charge in [0.15, 0.2) is 0 Å². The van der Waals surface area contributed by atoms with E-state index in [9.17, 15) is 0 Å². The first-order valence-electron chi connectivity index (χ1n) is 3.93. The van der Waals surface area contributed by atoms with Crippen molar-refractivity contribution in [3.63, 3.8) is 0 Å². The van der Waals surface area contributed by atoms with Gasteiger partial charge in [-0.2, -0.15) is 18.1 Å². The molecule has 1 nitrogen and oxygen atoms in total. The van der Waals surface area contributed by atoms with Gasteiger partial charge >= 0.3 is 0 Å². The van der Waals surface area contributed by atoms with E-state index in [0.29, 0.717) is 0 Å². The molecule has 0 fully saturated rings. The number of aryl methyl sites for hydroxylation is 1. The van der Waals surface area contributed by atoms with E-state index in [1.807, 2.05) is 6.92 Å². The summed E-state index contributed by atoms with van der Waals surface area (Å²) in [6.07, 6.45) is 8.44. The maximum absolute atomic E-state index is 4.41. The molecule has 1 aromatic rings. The van der Waals surface area contributed by atoms with Gasteiger partial charge in [-0.25, -0.2) is 0 Å². The number of rotatable bonds is 0. The van der Waals surface area contributed by atoms with E-state index in [0.717, 1.165) is 10.7 Å². The number of allylic oxidation sites excluding steroid dienone is 2. The molecule has 0 atom stereocenters. The second-order valence-corrected chi connectivity index (χ2v) is 4.13. The minimum atomic E-state index is 0. The molecular formula is C10H10LrNS-. The Hall–Kier alpha value is -2.02. The van der Waals surface area contributed by atoms with Gasteiger partial charge in [0, 0.05) is 5.69 Å². The van der Waals surface area contributed by atoms with Crippen molar-refractivity contribution in [2.24, 2.45) is 0 Å². The minimum absolute atomic E-state index is 0. The zero-order valence-electron chi connectivity index (χ0n) is 7.42. The van der Waals surface area contributed by atoms with Crippen LogP contribution in [0.25, 0.3) is 12.2 Å². The van der Waals surface area contributed by atoms with E-state index in [1.54, 1.807) is 11.3 Å². The minimum Gasteiger partial charge on any atom is -0.256 e. The van der Waals surface area contributed by atoms with Crippen LogP contribution in [0.1, 0.15) is 22.5 Å². The van der Waals surface area contributed by atoms with E-state index in [2.05, 4.69) is 36.2 Å². The summed E-state index contributed by atoms with van der Waals surface area (Å²) in [7, 11) is 0. The zero-order valence-corrected chi connectivity index (χ0v) is 10.4. The second-order valence-electron chi connectivity index (χ2n) is 2.89. The Kier molecular flexibility index (Phi) is 2.20. The third-order valence-electron chi connectivity index (χ3n) is 1.79. The van der Waals surface area contributed by atoms with Gasteiger partial charge in [-0.1, -0.05) is 6.92 Å². The van der Waals surface area contributed by atoms with Crippen LogP contribution in [0.3, 0.4) is 0 Å². The van der Waals surface area contributed by atoms with Crippen molar-refractivity contribution in [2.75, 3.05) is 0 Å². The summed E-state index contributed by atoms with van der Waals surface area (Å²) in [6.45, 7) is 4.13. The Morgan fingerprint density at radius 3 is 2.77 bits per heavy atom. The molecule has 13 heavy (non-hydrogen) atoms. The van der Waals surface area contributed by atoms with Crippen LogP contribution in [0, 0.1) is 12.8 Å². The van der Waals surface area contributed by atoms with Gasteiger partial charge in [-0.3, -0.25) is 4.98 Å². The zero-order chi connectivity index (χ0) is 8.55. The number of fused-ring (bicyclic) bond motifs is 1. The molecule has 77 valence electrons. The summed E-state index contributed by atoms with van der Waals surface area (Å²) >= 11 is 1.74. The van der Waals surface area contributed by atoms with Crippen LogP contribution in [-0.2, 0) is 0 Å². The number of nitrogens with zero attached hydrogens (tertiary/aromatic N) is 1. The van der Waals surface area contributed by atoms with E-state index in [-0.39, 0.29) is 0 Å². The van der Waals surface area contributed by atoms with Crippen LogP contribution in [-0.4, -0.2) is 4.98 Å². The molecule has 1 radical (unpaired) electrons. The van der Waals surface area contributed by atoms with Crippen LogP contribution in [0.2, 0.25) is 0 Å². The third kappa shape index (κ3) is 1.59. The molecule has 0 bridgehead atoms. The average Bonchev–Trinajstić information content (AvgIpc) is 2.31. The molecule has 1 aliphatic carbocycles. The van der Waals surface area contributed by atoms with Crippen LogP contribution in [0.5, 0.6) is 0 Å². The van der Waals surface area contributed by atoms with Gasteiger partial charge in [-0.05, 0) is 11.8 Å². The maximum Gasteiger partial charge on any atom is 0.0883 e. The summed E-state index contributed by atoms with van der Waals surface area (Å²) < 4.78 is 0. The van der Waals surface area contributed by atoms with Crippen molar-refractivity contribution in [3.05, 3.63) is 33.6 Å². The molecule has 0 aliphatic heterocycles. The molecule has 0 saturated heterocycles. The van der Waals surface area contributed by atoms with Gasteiger partial charge in [0.1, 0.15) is 0 Å². The molecule has 0 unspecified atom stereocenters. The smallest absolute Gasteiger partial charge is 0.0883 e. The Bertz CT molecular complexity index is 320. The van der Waals surface area contributed by atoms with Gasteiger partial charge in [0.2, 0.25) is 0 Å². The summed E-state index contributed by atoms with van der Waals surface area (Å²) in [5.41, 5.74) is 1.10. The molecular weight excluding hydrogens is 428 g/mol. The summed E-state index contributed by atoms with van der Waals surface area (Å²) in [4.78, 5) is 5.68. The second kappa shape index (κ2) is 3.15. The molecule has 3 heteroatoms. The molecule has 0 N–H and O–H groups in total. The SMILES string of the molecule is Cc1nc2c(s1)C=C[C-](C)C=C2.[Lr]. The largest absolute Gasteiger partial charge is 0.256 e. The van der Waals surface area contributed by atoms with E-state index in [1.165, 1.54) is 10.8 Å². The molecule has 0 saturated carbocycles. The van der Waals surface area contributed by atoms with Crippen LogP contribution < -0.4 is 0 Å². The molecule has 0 spiro atoms. The fourth-order valence-electron chi connectivity index (χ4n) is 1.17. The molecule has 2 rings (SSSR count). The number of aromatic nitrogens is 1. The average molecular weight is 438 g/mol. The van der Waals surface area contributed by atoms with Gasteiger partial charge < -0.3 is 0 Å². The molecule has 1 heterocycles. The van der Waals surface area contributed by atoms with Crippen molar-refractivity contribution < 1.29 is 0 Å². The van der Waals surface area contributed by atoms with Crippen molar-refractivity contribution in [2.45, 2.75) is 13.8 Å². The molecule has 1 aliphatic rings. The predicted molar refractivity (Wildman–Crippen MR) is 53.8 cm³/mol. The third-order valence-corrected chi connectivity index (χ3v) is 2.74. The first-order chi connectivity index (χ1) is 5.75. The summed E-state index contributed by atoms with van der Waals surface area (Å²) in [6, 6.07) is 0. The Labute approximate surface area is 76.5 Å². The van der Waals surface area contributed by atoms with Crippen molar-refractivity contribution in [1.82, 2.24) is 4.98 Å².